The third-order valence-corrected chi connectivity index (χ3v) is 5.74. The average molecular weight is 456 g/mol. The summed E-state index contributed by atoms with van der Waals surface area (Å²) in [7, 11) is 0. The van der Waals surface area contributed by atoms with Crippen LogP contribution in [0.15, 0.2) is 54.6 Å². The molecule has 164 valence electrons. The van der Waals surface area contributed by atoms with Crippen molar-refractivity contribution in [2.45, 2.75) is 20.0 Å². The Balaban J connectivity index is 1.43. The van der Waals surface area contributed by atoms with Crippen LogP contribution in [-0.4, -0.2) is 27.7 Å². The van der Waals surface area contributed by atoms with Gasteiger partial charge in [0.2, 0.25) is 0 Å². The number of carbonyl (C=O) groups is 2. The number of benzene rings is 2. The van der Waals surface area contributed by atoms with E-state index >= 15 is 0 Å². The molecule has 0 bridgehead atoms. The van der Waals surface area contributed by atoms with Crippen LogP contribution in [0.3, 0.4) is 0 Å². The van der Waals surface area contributed by atoms with Crippen LogP contribution >= 0.6 is 11.3 Å². The van der Waals surface area contributed by atoms with E-state index in [0.717, 1.165) is 10.2 Å². The van der Waals surface area contributed by atoms with Crippen molar-refractivity contribution < 1.29 is 23.1 Å². The Hall–Kier alpha value is -3.79. The van der Waals surface area contributed by atoms with Crippen molar-refractivity contribution in [3.8, 4) is 11.4 Å². The highest BCUT2D eigenvalue weighted by molar-refractivity contribution is 7.20. The highest BCUT2D eigenvalue weighted by atomic mass is 32.1. The molecule has 0 aliphatic carbocycles. The van der Waals surface area contributed by atoms with Crippen LogP contribution in [0.2, 0.25) is 0 Å². The standard InChI is InChI=1S/C22H18F2N4O3S/c1-12-18-11-19(32-22(18)28(27-12)16-7-3-14(23)4-8-16)21(30)26-25-20(29)13(2)31-17-9-5-15(24)6-10-17/h3-11,13H,1-2H3,(H,25,29)(H,26,30). The number of fused-ring (bicyclic) bond motifs is 1. The fraction of sp³-hybridized carbons (Fsp3) is 0.136. The maximum absolute atomic E-state index is 13.2. The SMILES string of the molecule is Cc1nn(-c2ccc(F)cc2)c2sc(C(=O)NNC(=O)C(C)Oc3ccc(F)cc3)cc12. The fourth-order valence-electron chi connectivity index (χ4n) is 2.97. The van der Waals surface area contributed by atoms with E-state index in [0.29, 0.717) is 22.0 Å². The minimum absolute atomic E-state index is 0.325. The number of halogens is 2. The highest BCUT2D eigenvalue weighted by Crippen LogP contribution is 2.30. The molecule has 2 heterocycles. The minimum Gasteiger partial charge on any atom is -0.481 e. The quantitative estimate of drug-likeness (QED) is 0.446. The molecule has 0 aliphatic heterocycles. The maximum Gasteiger partial charge on any atom is 0.279 e. The smallest absolute Gasteiger partial charge is 0.279 e. The second kappa shape index (κ2) is 8.75. The van der Waals surface area contributed by atoms with Crippen molar-refractivity contribution in [2.24, 2.45) is 0 Å². The number of nitrogens with zero attached hydrogens (tertiary/aromatic N) is 2. The summed E-state index contributed by atoms with van der Waals surface area (Å²) < 4.78 is 33.3. The van der Waals surface area contributed by atoms with Gasteiger partial charge in [-0.25, -0.2) is 13.5 Å². The van der Waals surface area contributed by atoms with Gasteiger partial charge in [-0.2, -0.15) is 5.10 Å². The molecule has 10 heteroatoms. The number of hydrazine groups is 1. The van der Waals surface area contributed by atoms with Crippen molar-refractivity contribution in [3.63, 3.8) is 0 Å². The topological polar surface area (TPSA) is 85.3 Å². The van der Waals surface area contributed by atoms with Crippen LogP contribution in [0.25, 0.3) is 15.9 Å². The number of rotatable bonds is 5. The van der Waals surface area contributed by atoms with Gasteiger partial charge in [0.05, 0.1) is 16.3 Å². The van der Waals surface area contributed by atoms with Gasteiger partial charge in [-0.15, -0.1) is 11.3 Å². The third-order valence-electron chi connectivity index (χ3n) is 4.63. The van der Waals surface area contributed by atoms with Gasteiger partial charge in [0.25, 0.3) is 11.8 Å². The Labute approximate surface area is 185 Å². The van der Waals surface area contributed by atoms with E-state index in [2.05, 4.69) is 16.0 Å². The lowest BCUT2D eigenvalue weighted by molar-refractivity contribution is -0.128. The summed E-state index contributed by atoms with van der Waals surface area (Å²) >= 11 is 1.19. The molecule has 0 saturated heterocycles. The van der Waals surface area contributed by atoms with Crippen LogP contribution in [0.1, 0.15) is 22.3 Å². The summed E-state index contributed by atoms with van der Waals surface area (Å²) in [6.07, 6.45) is -0.919. The lowest BCUT2D eigenvalue weighted by atomic mass is 10.3. The Morgan fingerprint density at radius 2 is 1.66 bits per heavy atom. The molecule has 1 atom stereocenters. The molecule has 0 fully saturated rings. The number of ether oxygens (including phenoxy) is 1. The normalized spacial score (nSPS) is 11.9. The number of hydrogen-bond donors (Lipinski definition) is 2. The van der Waals surface area contributed by atoms with Crippen molar-refractivity contribution in [3.05, 3.63) is 76.8 Å². The molecule has 2 aromatic heterocycles. The molecule has 4 aromatic rings. The third kappa shape index (κ3) is 4.45. The first-order chi connectivity index (χ1) is 15.3. The number of carbonyl (C=O) groups excluding carboxylic acids is 2. The lowest BCUT2D eigenvalue weighted by Gasteiger charge is -2.14. The molecular formula is C22H18F2N4O3S. The predicted molar refractivity (Wildman–Crippen MR) is 116 cm³/mol. The van der Waals surface area contributed by atoms with Gasteiger partial charge in [0, 0.05) is 5.39 Å². The summed E-state index contributed by atoms with van der Waals surface area (Å²) in [4.78, 5) is 25.9. The zero-order valence-electron chi connectivity index (χ0n) is 17.1. The van der Waals surface area contributed by atoms with Crippen LogP contribution < -0.4 is 15.6 Å². The van der Waals surface area contributed by atoms with Gasteiger partial charge in [-0.3, -0.25) is 20.4 Å². The molecule has 2 aromatic carbocycles. The van der Waals surface area contributed by atoms with Crippen LogP contribution in [0, 0.1) is 18.6 Å². The zero-order valence-corrected chi connectivity index (χ0v) is 17.9. The van der Waals surface area contributed by atoms with Gasteiger partial charge in [-0.05, 0) is 68.4 Å². The first kappa shape index (κ1) is 21.4. The van der Waals surface area contributed by atoms with Crippen LogP contribution in [0.5, 0.6) is 5.75 Å². The van der Waals surface area contributed by atoms with Gasteiger partial charge in [-0.1, -0.05) is 0 Å². The Morgan fingerprint density at radius 3 is 2.31 bits per heavy atom. The van der Waals surface area contributed by atoms with Crippen LogP contribution in [0.4, 0.5) is 8.78 Å². The second-order valence-electron chi connectivity index (χ2n) is 6.96. The number of amides is 2. The molecule has 4 rings (SSSR count). The predicted octanol–water partition coefficient (Wildman–Crippen LogP) is 3.90. The van der Waals surface area contributed by atoms with Gasteiger partial charge in [0.15, 0.2) is 6.10 Å². The van der Waals surface area contributed by atoms with Crippen LogP contribution in [-0.2, 0) is 4.79 Å². The summed E-state index contributed by atoms with van der Waals surface area (Å²) in [6, 6.07) is 12.8. The van der Waals surface area contributed by atoms with Crippen molar-refractivity contribution in [2.75, 3.05) is 0 Å². The van der Waals surface area contributed by atoms with E-state index in [9.17, 15) is 18.4 Å². The van der Waals surface area contributed by atoms with E-state index in [1.807, 2.05) is 6.92 Å². The number of thiophene rings is 1. The van der Waals surface area contributed by atoms with E-state index in [-0.39, 0.29) is 5.82 Å². The molecule has 0 radical (unpaired) electrons. The van der Waals surface area contributed by atoms with Crippen molar-refractivity contribution >= 4 is 33.4 Å². The van der Waals surface area contributed by atoms with E-state index in [4.69, 9.17) is 4.74 Å². The van der Waals surface area contributed by atoms with Gasteiger partial charge < -0.3 is 4.74 Å². The van der Waals surface area contributed by atoms with Crippen molar-refractivity contribution in [1.82, 2.24) is 20.6 Å². The molecular weight excluding hydrogens is 438 g/mol. The summed E-state index contributed by atoms with van der Waals surface area (Å²) in [5.41, 5.74) is 6.06. The van der Waals surface area contributed by atoms with Crippen molar-refractivity contribution in [1.29, 1.82) is 0 Å². The summed E-state index contributed by atoms with van der Waals surface area (Å²) in [5.74, 6) is -1.52. The lowest BCUT2D eigenvalue weighted by Crippen LogP contribution is -2.47. The zero-order chi connectivity index (χ0) is 22.8. The Bertz CT molecular complexity index is 1280. The first-order valence-corrected chi connectivity index (χ1v) is 10.4. The highest BCUT2D eigenvalue weighted by Gasteiger charge is 2.19. The molecule has 2 amide bonds. The number of nitrogens with one attached hydrogen (secondary N) is 2. The molecule has 0 spiro atoms. The van der Waals surface area contributed by atoms with Gasteiger partial charge in [0.1, 0.15) is 22.2 Å². The number of aryl methyl sites for hydroxylation is 1. The van der Waals surface area contributed by atoms with E-state index in [1.54, 1.807) is 22.9 Å². The largest absolute Gasteiger partial charge is 0.481 e. The van der Waals surface area contributed by atoms with E-state index in [1.165, 1.54) is 54.7 Å². The Morgan fingerprint density at radius 1 is 1.03 bits per heavy atom. The maximum atomic E-state index is 13.2. The molecule has 0 saturated carbocycles. The number of hydrogen-bond acceptors (Lipinski definition) is 5. The molecule has 2 N–H and O–H groups in total. The average Bonchev–Trinajstić information content (AvgIpc) is 3.35. The molecule has 7 nitrogen and oxygen atoms in total. The monoisotopic (exact) mass is 456 g/mol. The fourth-order valence-corrected chi connectivity index (χ4v) is 4.05. The summed E-state index contributed by atoms with van der Waals surface area (Å²) in [6.45, 7) is 3.32. The Kier molecular flexibility index (Phi) is 5.87. The summed E-state index contributed by atoms with van der Waals surface area (Å²) in [5, 5.41) is 5.24. The minimum atomic E-state index is -0.919. The molecule has 1 unspecified atom stereocenters. The second-order valence-corrected chi connectivity index (χ2v) is 7.99. The molecule has 32 heavy (non-hydrogen) atoms. The van der Waals surface area contributed by atoms with Gasteiger partial charge >= 0.3 is 0 Å². The first-order valence-electron chi connectivity index (χ1n) is 9.59. The van der Waals surface area contributed by atoms with E-state index < -0.39 is 23.7 Å². The molecule has 0 aliphatic rings. The number of aromatic nitrogens is 2.